The van der Waals surface area contributed by atoms with E-state index in [9.17, 15) is 9.50 Å². The van der Waals surface area contributed by atoms with Gasteiger partial charge in [-0.3, -0.25) is 0 Å². The van der Waals surface area contributed by atoms with E-state index in [1.807, 2.05) is 6.07 Å². The predicted molar refractivity (Wildman–Crippen MR) is 54.4 cm³/mol. The summed E-state index contributed by atoms with van der Waals surface area (Å²) in [6, 6.07) is 6.71. The van der Waals surface area contributed by atoms with E-state index in [1.54, 1.807) is 12.1 Å². The molecular formula is C11H16FNO. The molecule has 14 heavy (non-hydrogen) atoms. The van der Waals surface area contributed by atoms with Gasteiger partial charge in [0, 0.05) is 6.54 Å². The molecule has 3 N–H and O–H groups in total. The first kappa shape index (κ1) is 11.1. The molecule has 0 amide bonds. The van der Waals surface area contributed by atoms with Gasteiger partial charge in [0.25, 0.3) is 0 Å². The third-order valence-corrected chi connectivity index (χ3v) is 2.21. The quantitative estimate of drug-likeness (QED) is 0.750. The van der Waals surface area contributed by atoms with Gasteiger partial charge in [0.15, 0.2) is 0 Å². The van der Waals surface area contributed by atoms with Gasteiger partial charge in [0.1, 0.15) is 5.82 Å². The van der Waals surface area contributed by atoms with Crippen molar-refractivity contribution in [1.82, 2.24) is 0 Å². The third kappa shape index (κ3) is 3.44. The van der Waals surface area contributed by atoms with Crippen LogP contribution >= 0.6 is 0 Å². The lowest BCUT2D eigenvalue weighted by Crippen LogP contribution is -2.19. The molecule has 1 unspecified atom stereocenters. The van der Waals surface area contributed by atoms with Gasteiger partial charge < -0.3 is 10.8 Å². The van der Waals surface area contributed by atoms with Crippen LogP contribution in [0.25, 0.3) is 0 Å². The smallest absolute Gasteiger partial charge is 0.126 e. The van der Waals surface area contributed by atoms with Gasteiger partial charge >= 0.3 is 0 Å². The Kier molecular flexibility index (Phi) is 4.56. The second-order valence-electron chi connectivity index (χ2n) is 3.37. The van der Waals surface area contributed by atoms with Crippen LogP contribution in [-0.4, -0.2) is 17.8 Å². The van der Waals surface area contributed by atoms with Crippen molar-refractivity contribution in [2.24, 2.45) is 5.73 Å². The molecule has 0 bridgehead atoms. The molecule has 0 radical (unpaired) electrons. The van der Waals surface area contributed by atoms with E-state index in [-0.39, 0.29) is 12.4 Å². The molecule has 0 spiro atoms. The van der Waals surface area contributed by atoms with Gasteiger partial charge in [-0.1, -0.05) is 18.2 Å². The largest absolute Gasteiger partial charge is 0.392 e. The van der Waals surface area contributed by atoms with Crippen molar-refractivity contribution in [1.29, 1.82) is 0 Å². The number of nitrogens with two attached hydrogens (primary N) is 1. The van der Waals surface area contributed by atoms with Crippen LogP contribution in [0.5, 0.6) is 0 Å². The maximum Gasteiger partial charge on any atom is 0.126 e. The van der Waals surface area contributed by atoms with Crippen molar-refractivity contribution >= 4 is 0 Å². The highest BCUT2D eigenvalue weighted by Crippen LogP contribution is 2.10. The fourth-order valence-corrected chi connectivity index (χ4v) is 1.35. The Balaban J connectivity index is 2.35. The minimum atomic E-state index is -0.457. The molecule has 0 aliphatic heterocycles. The molecule has 78 valence electrons. The van der Waals surface area contributed by atoms with Gasteiger partial charge in [0.2, 0.25) is 0 Å². The summed E-state index contributed by atoms with van der Waals surface area (Å²) in [4.78, 5) is 0. The number of hydrogen-bond acceptors (Lipinski definition) is 2. The summed E-state index contributed by atoms with van der Waals surface area (Å²) >= 11 is 0. The molecule has 0 saturated carbocycles. The van der Waals surface area contributed by atoms with Gasteiger partial charge in [-0.25, -0.2) is 4.39 Å². The van der Waals surface area contributed by atoms with Crippen LogP contribution in [0.2, 0.25) is 0 Å². The molecule has 0 heterocycles. The number of rotatable bonds is 5. The van der Waals surface area contributed by atoms with Crippen LogP contribution in [0.4, 0.5) is 4.39 Å². The van der Waals surface area contributed by atoms with Crippen LogP contribution in [0.15, 0.2) is 24.3 Å². The summed E-state index contributed by atoms with van der Waals surface area (Å²) in [7, 11) is 0. The zero-order valence-corrected chi connectivity index (χ0v) is 8.12. The first-order valence-electron chi connectivity index (χ1n) is 4.85. The summed E-state index contributed by atoms with van der Waals surface area (Å²) in [5, 5.41) is 9.19. The van der Waals surface area contributed by atoms with E-state index in [0.717, 1.165) is 6.42 Å². The van der Waals surface area contributed by atoms with Crippen LogP contribution < -0.4 is 5.73 Å². The maximum absolute atomic E-state index is 13.1. The average molecular weight is 197 g/mol. The molecule has 0 aliphatic carbocycles. The van der Waals surface area contributed by atoms with Crippen molar-refractivity contribution in [3.63, 3.8) is 0 Å². The minimum Gasteiger partial charge on any atom is -0.392 e. The highest BCUT2D eigenvalue weighted by Gasteiger charge is 2.03. The molecule has 0 saturated heterocycles. The molecule has 1 aromatic rings. The standard InChI is InChI=1S/C11H16FNO/c12-11-7-2-1-4-9(11)5-3-6-10(14)8-13/h1-2,4,7,10,14H,3,5-6,8,13H2. The van der Waals surface area contributed by atoms with Crippen LogP contribution in [0.1, 0.15) is 18.4 Å². The molecule has 1 atom stereocenters. The first-order chi connectivity index (χ1) is 6.74. The van der Waals surface area contributed by atoms with Crippen LogP contribution in [-0.2, 0) is 6.42 Å². The van der Waals surface area contributed by atoms with Crippen molar-refractivity contribution in [3.05, 3.63) is 35.6 Å². The Morgan fingerprint density at radius 1 is 1.36 bits per heavy atom. The molecular weight excluding hydrogens is 181 g/mol. The van der Waals surface area contributed by atoms with Gasteiger partial charge in [-0.15, -0.1) is 0 Å². The maximum atomic E-state index is 13.1. The number of aliphatic hydroxyl groups excluding tert-OH is 1. The van der Waals surface area contributed by atoms with Crippen molar-refractivity contribution in [2.45, 2.75) is 25.4 Å². The van der Waals surface area contributed by atoms with Crippen molar-refractivity contribution in [2.75, 3.05) is 6.54 Å². The number of aryl methyl sites for hydroxylation is 1. The molecule has 0 aromatic heterocycles. The molecule has 3 heteroatoms. The van der Waals surface area contributed by atoms with Gasteiger partial charge in [-0.05, 0) is 30.9 Å². The van der Waals surface area contributed by atoms with E-state index >= 15 is 0 Å². The van der Waals surface area contributed by atoms with Crippen LogP contribution in [0, 0.1) is 5.82 Å². The Morgan fingerprint density at radius 3 is 2.71 bits per heavy atom. The number of aliphatic hydroxyl groups is 1. The van der Waals surface area contributed by atoms with Gasteiger partial charge in [0.05, 0.1) is 6.10 Å². The summed E-state index contributed by atoms with van der Waals surface area (Å²) in [6.07, 6.45) is 1.59. The zero-order chi connectivity index (χ0) is 10.4. The predicted octanol–water partition coefficient (Wildman–Crippen LogP) is 1.47. The van der Waals surface area contributed by atoms with E-state index in [2.05, 4.69) is 0 Å². The molecule has 2 nitrogen and oxygen atoms in total. The molecule has 1 rings (SSSR count). The van der Waals surface area contributed by atoms with Crippen LogP contribution in [0.3, 0.4) is 0 Å². The fraction of sp³-hybridized carbons (Fsp3) is 0.455. The van der Waals surface area contributed by atoms with Crippen molar-refractivity contribution in [3.8, 4) is 0 Å². The minimum absolute atomic E-state index is 0.172. The lowest BCUT2D eigenvalue weighted by molar-refractivity contribution is 0.170. The average Bonchev–Trinajstić information content (AvgIpc) is 2.20. The first-order valence-corrected chi connectivity index (χ1v) is 4.85. The van der Waals surface area contributed by atoms with E-state index in [1.165, 1.54) is 6.07 Å². The Morgan fingerprint density at radius 2 is 2.07 bits per heavy atom. The lowest BCUT2D eigenvalue weighted by atomic mass is 10.1. The Labute approximate surface area is 83.6 Å². The summed E-state index contributed by atoms with van der Waals surface area (Å²) < 4.78 is 13.1. The number of halogens is 1. The highest BCUT2D eigenvalue weighted by atomic mass is 19.1. The number of benzene rings is 1. The normalized spacial score (nSPS) is 12.8. The summed E-state index contributed by atoms with van der Waals surface area (Å²) in [5.74, 6) is -0.172. The lowest BCUT2D eigenvalue weighted by Gasteiger charge is -2.07. The summed E-state index contributed by atoms with van der Waals surface area (Å²) in [6.45, 7) is 0.275. The summed E-state index contributed by atoms with van der Waals surface area (Å²) in [5.41, 5.74) is 5.96. The second kappa shape index (κ2) is 5.73. The van der Waals surface area contributed by atoms with E-state index in [4.69, 9.17) is 5.73 Å². The third-order valence-electron chi connectivity index (χ3n) is 2.21. The zero-order valence-electron chi connectivity index (χ0n) is 8.12. The van der Waals surface area contributed by atoms with Gasteiger partial charge in [-0.2, -0.15) is 0 Å². The SMILES string of the molecule is NCC(O)CCCc1ccccc1F. The second-order valence-corrected chi connectivity index (χ2v) is 3.37. The van der Waals surface area contributed by atoms with Crippen molar-refractivity contribution < 1.29 is 9.50 Å². The topological polar surface area (TPSA) is 46.2 Å². The highest BCUT2D eigenvalue weighted by molar-refractivity contribution is 5.17. The Bertz CT molecular complexity index is 278. The monoisotopic (exact) mass is 197 g/mol. The van der Waals surface area contributed by atoms with E-state index in [0.29, 0.717) is 18.4 Å². The Hall–Kier alpha value is -0.930. The fourth-order valence-electron chi connectivity index (χ4n) is 1.35. The molecule has 0 aliphatic rings. The molecule has 1 aromatic carbocycles. The van der Waals surface area contributed by atoms with E-state index < -0.39 is 6.10 Å². The number of hydrogen-bond donors (Lipinski definition) is 2. The molecule has 0 fully saturated rings.